The fourth-order valence-corrected chi connectivity index (χ4v) is 3.45. The smallest absolute Gasteiger partial charge is 0.0220 e. The molecule has 0 bridgehead atoms. The Balaban J connectivity index is 1.54. The maximum atomic E-state index is 3.71. The van der Waals surface area contributed by atoms with E-state index in [1.807, 2.05) is 0 Å². The second-order valence-electron chi connectivity index (χ2n) is 6.33. The second-order valence-corrected chi connectivity index (χ2v) is 6.33. The summed E-state index contributed by atoms with van der Waals surface area (Å²) >= 11 is 0. The van der Waals surface area contributed by atoms with Crippen LogP contribution in [0.2, 0.25) is 0 Å². The van der Waals surface area contributed by atoms with Crippen molar-refractivity contribution in [3.8, 4) is 0 Å². The molecule has 0 spiro atoms. The Kier molecular flexibility index (Phi) is 5.93. The summed E-state index contributed by atoms with van der Waals surface area (Å²) in [5, 5.41) is 3.71. The van der Waals surface area contributed by atoms with Gasteiger partial charge in [-0.05, 0) is 65.8 Å². The minimum atomic E-state index is 0.787. The van der Waals surface area contributed by atoms with Crippen molar-refractivity contribution in [2.45, 2.75) is 57.0 Å². The molecule has 1 aliphatic carbocycles. The van der Waals surface area contributed by atoms with Crippen LogP contribution in [0.15, 0.2) is 0 Å². The van der Waals surface area contributed by atoms with Gasteiger partial charge in [-0.15, -0.1) is 0 Å². The molecule has 1 aliphatic heterocycles. The molecule has 3 nitrogen and oxygen atoms in total. The Morgan fingerprint density at radius 1 is 1.17 bits per heavy atom. The van der Waals surface area contributed by atoms with Crippen molar-refractivity contribution in [3.05, 3.63) is 0 Å². The van der Waals surface area contributed by atoms with Gasteiger partial charge in [-0.2, -0.15) is 0 Å². The highest BCUT2D eigenvalue weighted by atomic mass is 15.2. The van der Waals surface area contributed by atoms with Gasteiger partial charge in [-0.25, -0.2) is 0 Å². The second kappa shape index (κ2) is 7.46. The highest BCUT2D eigenvalue weighted by molar-refractivity contribution is 4.78. The maximum absolute atomic E-state index is 3.71. The normalized spacial score (nSPS) is 27.2. The number of piperidine rings is 1. The Morgan fingerprint density at radius 2 is 1.94 bits per heavy atom. The van der Waals surface area contributed by atoms with E-state index in [2.05, 4.69) is 29.2 Å². The predicted molar refractivity (Wildman–Crippen MR) is 78.0 cm³/mol. The summed E-state index contributed by atoms with van der Waals surface area (Å²) in [7, 11) is 4.56. The van der Waals surface area contributed by atoms with E-state index >= 15 is 0 Å². The number of hydrogen-bond donors (Lipinski definition) is 1. The molecule has 1 unspecified atom stereocenters. The molecule has 18 heavy (non-hydrogen) atoms. The zero-order valence-electron chi connectivity index (χ0n) is 12.3. The Bertz CT molecular complexity index is 226. The summed E-state index contributed by atoms with van der Waals surface area (Å²) in [5.41, 5.74) is 0. The van der Waals surface area contributed by atoms with Crippen molar-refractivity contribution in [1.82, 2.24) is 15.1 Å². The van der Waals surface area contributed by atoms with Crippen LogP contribution in [0.5, 0.6) is 0 Å². The van der Waals surface area contributed by atoms with E-state index in [-0.39, 0.29) is 0 Å². The number of rotatable bonds is 6. The number of likely N-dealkylation sites (tertiary alicyclic amines) is 1. The first kappa shape index (κ1) is 14.3. The van der Waals surface area contributed by atoms with Gasteiger partial charge in [-0.3, -0.25) is 0 Å². The van der Waals surface area contributed by atoms with Crippen LogP contribution >= 0.6 is 0 Å². The number of likely N-dealkylation sites (N-methyl/N-ethyl adjacent to an activating group) is 2. The van der Waals surface area contributed by atoms with Gasteiger partial charge in [0.2, 0.25) is 0 Å². The third-order valence-corrected chi connectivity index (χ3v) is 4.70. The molecule has 2 fully saturated rings. The Morgan fingerprint density at radius 3 is 2.67 bits per heavy atom. The molecule has 106 valence electrons. The van der Waals surface area contributed by atoms with Gasteiger partial charge in [0.25, 0.3) is 0 Å². The van der Waals surface area contributed by atoms with Gasteiger partial charge in [0.1, 0.15) is 0 Å². The van der Waals surface area contributed by atoms with Crippen LogP contribution in [-0.4, -0.2) is 62.2 Å². The highest BCUT2D eigenvalue weighted by Crippen LogP contribution is 2.17. The average Bonchev–Trinajstić information content (AvgIpc) is 2.87. The quantitative estimate of drug-likeness (QED) is 0.730. The summed E-state index contributed by atoms with van der Waals surface area (Å²) in [4.78, 5) is 5.05. The van der Waals surface area contributed by atoms with Crippen LogP contribution in [0.25, 0.3) is 0 Å². The summed E-state index contributed by atoms with van der Waals surface area (Å²) in [6, 6.07) is 1.62. The van der Waals surface area contributed by atoms with Gasteiger partial charge in [0.05, 0.1) is 0 Å². The monoisotopic (exact) mass is 253 g/mol. The van der Waals surface area contributed by atoms with Crippen molar-refractivity contribution < 1.29 is 0 Å². The molecule has 0 aromatic carbocycles. The molecule has 0 radical (unpaired) electrons. The molecule has 1 saturated heterocycles. The first-order valence-corrected chi connectivity index (χ1v) is 7.88. The number of nitrogens with one attached hydrogen (secondary N) is 1. The van der Waals surface area contributed by atoms with E-state index in [0.29, 0.717) is 0 Å². The molecule has 2 rings (SSSR count). The van der Waals surface area contributed by atoms with Crippen molar-refractivity contribution in [2.24, 2.45) is 0 Å². The SMILES string of the molecule is CN1CCCC(N(C)CCCNC2CCCC2)C1. The van der Waals surface area contributed by atoms with E-state index in [9.17, 15) is 0 Å². The predicted octanol–water partition coefficient (Wildman–Crippen LogP) is 1.93. The van der Waals surface area contributed by atoms with Gasteiger partial charge in [0, 0.05) is 18.6 Å². The Labute approximate surface area is 113 Å². The van der Waals surface area contributed by atoms with Crippen LogP contribution in [0.4, 0.5) is 0 Å². The lowest BCUT2D eigenvalue weighted by atomic mass is 10.0. The van der Waals surface area contributed by atoms with Gasteiger partial charge in [-0.1, -0.05) is 12.8 Å². The third kappa shape index (κ3) is 4.52. The third-order valence-electron chi connectivity index (χ3n) is 4.70. The molecule has 1 saturated carbocycles. The van der Waals surface area contributed by atoms with E-state index < -0.39 is 0 Å². The van der Waals surface area contributed by atoms with Gasteiger partial charge in [0.15, 0.2) is 0 Å². The van der Waals surface area contributed by atoms with Crippen molar-refractivity contribution in [1.29, 1.82) is 0 Å². The van der Waals surface area contributed by atoms with E-state index in [1.165, 1.54) is 71.1 Å². The van der Waals surface area contributed by atoms with E-state index in [1.54, 1.807) is 0 Å². The zero-order chi connectivity index (χ0) is 12.8. The zero-order valence-corrected chi connectivity index (χ0v) is 12.3. The van der Waals surface area contributed by atoms with Crippen molar-refractivity contribution >= 4 is 0 Å². The van der Waals surface area contributed by atoms with Crippen LogP contribution in [0, 0.1) is 0 Å². The molecule has 1 atom stereocenters. The lowest BCUT2D eigenvalue weighted by molar-refractivity contribution is 0.133. The lowest BCUT2D eigenvalue weighted by Crippen LogP contribution is -2.45. The topological polar surface area (TPSA) is 18.5 Å². The summed E-state index contributed by atoms with van der Waals surface area (Å²) in [6.45, 7) is 5.00. The summed E-state index contributed by atoms with van der Waals surface area (Å²) in [5.74, 6) is 0. The minimum absolute atomic E-state index is 0.787. The molecule has 1 heterocycles. The average molecular weight is 253 g/mol. The molecule has 1 N–H and O–H groups in total. The minimum Gasteiger partial charge on any atom is -0.314 e. The maximum Gasteiger partial charge on any atom is 0.0220 e. The van der Waals surface area contributed by atoms with Crippen molar-refractivity contribution in [2.75, 3.05) is 40.3 Å². The van der Waals surface area contributed by atoms with E-state index in [0.717, 1.165) is 12.1 Å². The molecule has 0 aromatic heterocycles. The van der Waals surface area contributed by atoms with Gasteiger partial charge >= 0.3 is 0 Å². The molecule has 3 heteroatoms. The summed E-state index contributed by atoms with van der Waals surface area (Å²) < 4.78 is 0. The Hall–Kier alpha value is -0.120. The number of nitrogens with zero attached hydrogens (tertiary/aromatic N) is 2. The molecule has 2 aliphatic rings. The first-order chi connectivity index (χ1) is 8.75. The van der Waals surface area contributed by atoms with Crippen LogP contribution in [0.3, 0.4) is 0 Å². The molecular formula is C15H31N3. The standard InChI is InChI=1S/C15H31N3/c1-17-11-5-9-15(13-17)18(2)12-6-10-16-14-7-3-4-8-14/h14-16H,3-13H2,1-2H3. The fourth-order valence-electron chi connectivity index (χ4n) is 3.45. The molecule has 0 aromatic rings. The van der Waals surface area contributed by atoms with Crippen LogP contribution in [0.1, 0.15) is 44.9 Å². The molecular weight excluding hydrogens is 222 g/mol. The fraction of sp³-hybridized carbons (Fsp3) is 1.00. The van der Waals surface area contributed by atoms with Crippen LogP contribution < -0.4 is 5.32 Å². The summed E-state index contributed by atoms with van der Waals surface area (Å²) in [6.07, 6.45) is 9.74. The lowest BCUT2D eigenvalue weighted by Gasteiger charge is -2.36. The first-order valence-electron chi connectivity index (χ1n) is 7.88. The number of hydrogen-bond acceptors (Lipinski definition) is 3. The van der Waals surface area contributed by atoms with Gasteiger partial charge < -0.3 is 15.1 Å². The van der Waals surface area contributed by atoms with Crippen LogP contribution in [-0.2, 0) is 0 Å². The molecule has 0 amide bonds. The van der Waals surface area contributed by atoms with E-state index in [4.69, 9.17) is 0 Å². The van der Waals surface area contributed by atoms with Crippen molar-refractivity contribution in [3.63, 3.8) is 0 Å². The largest absolute Gasteiger partial charge is 0.314 e. The highest BCUT2D eigenvalue weighted by Gasteiger charge is 2.20.